The molecule has 0 aliphatic heterocycles. The molecule has 0 amide bonds. The Morgan fingerprint density at radius 2 is 1.68 bits per heavy atom. The Morgan fingerprint density at radius 3 is 2.23 bits per heavy atom. The maximum atomic E-state index is 12.8. The monoisotopic (exact) mass is 312 g/mol. The van der Waals surface area contributed by atoms with E-state index in [0.717, 1.165) is 11.1 Å². The number of hydrogen-bond acceptors (Lipinski definition) is 4. The van der Waals surface area contributed by atoms with Crippen molar-refractivity contribution in [2.24, 2.45) is 5.73 Å². The van der Waals surface area contributed by atoms with Gasteiger partial charge < -0.3 is 5.73 Å². The van der Waals surface area contributed by atoms with Gasteiger partial charge >= 0.3 is 0 Å². The van der Waals surface area contributed by atoms with Gasteiger partial charge in [-0.2, -0.15) is 5.26 Å². The smallest absolute Gasteiger partial charge is 0.184 e. The molecule has 0 unspecified atom stereocenters. The van der Waals surface area contributed by atoms with Gasteiger partial charge in [-0.15, -0.1) is 0 Å². The lowest BCUT2D eigenvalue weighted by atomic mass is 10.1. The van der Waals surface area contributed by atoms with Gasteiger partial charge in [-0.3, -0.25) is 0 Å². The number of nitriles is 1. The van der Waals surface area contributed by atoms with Crippen LogP contribution >= 0.6 is 0 Å². The lowest BCUT2D eigenvalue weighted by Crippen LogP contribution is -2.29. The van der Waals surface area contributed by atoms with Gasteiger partial charge in [0, 0.05) is 5.92 Å². The Labute approximate surface area is 130 Å². The zero-order valence-corrected chi connectivity index (χ0v) is 12.9. The number of benzene rings is 2. The van der Waals surface area contributed by atoms with E-state index in [0.29, 0.717) is 0 Å². The van der Waals surface area contributed by atoms with Crippen molar-refractivity contribution in [3.05, 3.63) is 65.7 Å². The van der Waals surface area contributed by atoms with E-state index in [1.165, 1.54) is 0 Å². The van der Waals surface area contributed by atoms with Crippen molar-refractivity contribution in [2.75, 3.05) is 0 Å². The number of aryl methyl sites for hydroxylation is 1. The Hall–Kier alpha value is -2.16. The number of sulfone groups is 1. The first-order chi connectivity index (χ1) is 10.4. The van der Waals surface area contributed by atoms with Gasteiger partial charge in [-0.1, -0.05) is 48.0 Å². The molecule has 1 saturated carbocycles. The van der Waals surface area contributed by atoms with Crippen LogP contribution in [0.15, 0.2) is 59.5 Å². The Bertz CT molecular complexity index is 838. The summed E-state index contributed by atoms with van der Waals surface area (Å²) in [5, 5.41) is 8.48. The summed E-state index contributed by atoms with van der Waals surface area (Å²) in [6, 6.07) is 17.8. The van der Waals surface area contributed by atoms with Crippen LogP contribution in [-0.4, -0.2) is 19.2 Å². The van der Waals surface area contributed by atoms with Crippen LogP contribution in [0.5, 0.6) is 0 Å². The third kappa shape index (κ3) is 2.12. The molecule has 0 radical (unpaired) electrons. The van der Waals surface area contributed by atoms with E-state index in [2.05, 4.69) is 0 Å². The van der Waals surface area contributed by atoms with Crippen LogP contribution in [0.25, 0.3) is 0 Å². The molecule has 4 nitrogen and oxygen atoms in total. The molecule has 2 aromatic rings. The first-order valence-electron chi connectivity index (χ1n) is 6.97. The zero-order valence-electron chi connectivity index (χ0n) is 12.1. The van der Waals surface area contributed by atoms with E-state index in [1.54, 1.807) is 24.3 Å². The SMILES string of the molecule is Cc1ccc(S(=O)(=O)[C@H]2[C@@H](c3ccccc3)[C@@]2(N)C#N)cc1. The second kappa shape index (κ2) is 4.94. The van der Waals surface area contributed by atoms with E-state index in [4.69, 9.17) is 5.73 Å². The number of nitrogens with zero attached hydrogens (tertiary/aromatic N) is 1. The Balaban J connectivity index is 2.04. The lowest BCUT2D eigenvalue weighted by Gasteiger charge is -2.05. The van der Waals surface area contributed by atoms with Gasteiger partial charge in [0.1, 0.15) is 10.8 Å². The van der Waals surface area contributed by atoms with Gasteiger partial charge in [0.05, 0.1) is 11.0 Å². The molecule has 22 heavy (non-hydrogen) atoms. The van der Waals surface area contributed by atoms with Crippen LogP contribution in [0, 0.1) is 18.3 Å². The van der Waals surface area contributed by atoms with Crippen molar-refractivity contribution in [1.82, 2.24) is 0 Å². The molecule has 1 aliphatic carbocycles. The number of hydrogen-bond donors (Lipinski definition) is 1. The average Bonchev–Trinajstić information content (AvgIpc) is 3.16. The summed E-state index contributed by atoms with van der Waals surface area (Å²) in [4.78, 5) is 0.214. The standard InChI is InChI=1S/C17H16N2O2S/c1-12-7-9-14(10-8-12)22(20,21)16-15(17(16,19)11-18)13-5-3-2-4-6-13/h2-10,15-16H,19H2,1H3/t15-,16+,17+/m1/s1. The van der Waals surface area contributed by atoms with Crippen molar-refractivity contribution in [3.8, 4) is 6.07 Å². The van der Waals surface area contributed by atoms with Crippen LogP contribution in [-0.2, 0) is 9.84 Å². The van der Waals surface area contributed by atoms with Crippen molar-refractivity contribution >= 4 is 9.84 Å². The van der Waals surface area contributed by atoms with Crippen molar-refractivity contribution in [2.45, 2.75) is 28.5 Å². The summed E-state index contributed by atoms with van der Waals surface area (Å²) in [6.45, 7) is 1.89. The van der Waals surface area contributed by atoms with Crippen molar-refractivity contribution < 1.29 is 8.42 Å². The first-order valence-corrected chi connectivity index (χ1v) is 8.51. The summed E-state index contributed by atoms with van der Waals surface area (Å²) in [6.07, 6.45) is 0. The Morgan fingerprint density at radius 1 is 1.09 bits per heavy atom. The molecule has 112 valence electrons. The molecule has 2 N–H and O–H groups in total. The maximum absolute atomic E-state index is 12.8. The van der Waals surface area contributed by atoms with Crippen LogP contribution < -0.4 is 5.73 Å². The highest BCUT2D eigenvalue weighted by Crippen LogP contribution is 2.55. The topological polar surface area (TPSA) is 83.9 Å². The molecule has 0 heterocycles. The minimum absolute atomic E-state index is 0.214. The number of nitrogens with two attached hydrogens (primary N) is 1. The predicted octanol–water partition coefficient (Wildman–Crippen LogP) is 2.16. The summed E-state index contributed by atoms with van der Waals surface area (Å²) in [7, 11) is -3.65. The van der Waals surface area contributed by atoms with E-state index in [1.807, 2.05) is 43.3 Å². The summed E-state index contributed by atoms with van der Waals surface area (Å²) >= 11 is 0. The van der Waals surface area contributed by atoms with Crippen LogP contribution in [0.2, 0.25) is 0 Å². The maximum Gasteiger partial charge on any atom is 0.184 e. The second-order valence-electron chi connectivity index (χ2n) is 5.71. The van der Waals surface area contributed by atoms with E-state index < -0.39 is 26.5 Å². The third-order valence-corrected chi connectivity index (χ3v) is 6.48. The van der Waals surface area contributed by atoms with Gasteiger partial charge in [0.2, 0.25) is 0 Å². The average molecular weight is 312 g/mol. The molecule has 0 saturated heterocycles. The molecular weight excluding hydrogens is 296 g/mol. The quantitative estimate of drug-likeness (QED) is 0.941. The zero-order chi connectivity index (χ0) is 16.0. The summed E-state index contributed by atoms with van der Waals surface area (Å²) in [5.41, 5.74) is 6.47. The van der Waals surface area contributed by atoms with Gasteiger partial charge in [-0.25, -0.2) is 8.42 Å². The van der Waals surface area contributed by atoms with Crippen molar-refractivity contribution in [3.63, 3.8) is 0 Å². The normalized spacial score (nSPS) is 27.1. The van der Waals surface area contributed by atoms with Crippen LogP contribution in [0.4, 0.5) is 0 Å². The van der Waals surface area contributed by atoms with Crippen molar-refractivity contribution in [1.29, 1.82) is 5.26 Å². The fourth-order valence-electron chi connectivity index (χ4n) is 2.93. The van der Waals surface area contributed by atoms with Crippen LogP contribution in [0.1, 0.15) is 17.0 Å². The highest BCUT2D eigenvalue weighted by Gasteiger charge is 2.70. The van der Waals surface area contributed by atoms with Gasteiger partial charge in [0.15, 0.2) is 9.84 Å². The first kappa shape index (κ1) is 14.8. The summed E-state index contributed by atoms with van der Waals surface area (Å²) < 4.78 is 25.7. The molecule has 3 atom stereocenters. The molecule has 1 fully saturated rings. The fourth-order valence-corrected chi connectivity index (χ4v) is 5.11. The molecule has 0 aromatic heterocycles. The lowest BCUT2D eigenvalue weighted by molar-refractivity contribution is 0.592. The van der Waals surface area contributed by atoms with Gasteiger partial charge in [0.25, 0.3) is 0 Å². The molecule has 0 spiro atoms. The highest BCUT2D eigenvalue weighted by molar-refractivity contribution is 7.92. The van der Waals surface area contributed by atoms with Gasteiger partial charge in [-0.05, 0) is 24.6 Å². The second-order valence-corrected chi connectivity index (χ2v) is 7.78. The molecule has 5 heteroatoms. The fraction of sp³-hybridized carbons (Fsp3) is 0.235. The molecule has 3 rings (SSSR count). The molecule has 2 aromatic carbocycles. The highest BCUT2D eigenvalue weighted by atomic mass is 32.2. The largest absolute Gasteiger partial charge is 0.312 e. The molecular formula is C17H16N2O2S. The molecule has 1 aliphatic rings. The third-order valence-electron chi connectivity index (χ3n) is 4.22. The van der Waals surface area contributed by atoms with E-state index >= 15 is 0 Å². The Kier molecular flexibility index (Phi) is 3.32. The van der Waals surface area contributed by atoms with E-state index in [9.17, 15) is 13.7 Å². The minimum atomic E-state index is -3.65. The minimum Gasteiger partial charge on any atom is -0.312 e. The predicted molar refractivity (Wildman–Crippen MR) is 83.9 cm³/mol. The van der Waals surface area contributed by atoms with E-state index in [-0.39, 0.29) is 4.90 Å². The molecule has 0 bridgehead atoms. The number of rotatable bonds is 3. The van der Waals surface area contributed by atoms with Crippen LogP contribution in [0.3, 0.4) is 0 Å². The summed E-state index contributed by atoms with van der Waals surface area (Å²) in [5.74, 6) is -0.495.